The molecule has 0 saturated carbocycles. The van der Waals surface area contributed by atoms with Crippen LogP contribution in [0.5, 0.6) is 0 Å². The molecule has 0 aliphatic heterocycles. The third kappa shape index (κ3) is 4.72. The largest absolute Gasteiger partial charge is 0.347 e. The zero-order valence-corrected chi connectivity index (χ0v) is 15.8. The van der Waals surface area contributed by atoms with E-state index in [1.54, 1.807) is 36.1 Å². The summed E-state index contributed by atoms with van der Waals surface area (Å²) in [5, 5.41) is 7.67. The van der Waals surface area contributed by atoms with E-state index in [9.17, 15) is 9.59 Å². The summed E-state index contributed by atoms with van der Waals surface area (Å²) in [5.74, 6) is -0.152. The van der Waals surface area contributed by atoms with Crippen LogP contribution in [0.3, 0.4) is 0 Å². The zero-order valence-electron chi connectivity index (χ0n) is 14.3. The number of nitrogens with one attached hydrogen (secondary N) is 2. The molecule has 1 amide bonds. The fraction of sp³-hybridized carbons (Fsp3) is 0.235. The molecule has 0 spiro atoms. The average Bonchev–Trinajstić information content (AvgIpc) is 3.11. The van der Waals surface area contributed by atoms with Crippen LogP contribution in [-0.2, 0) is 13.0 Å². The van der Waals surface area contributed by atoms with E-state index in [2.05, 4.69) is 25.4 Å². The molecule has 8 nitrogen and oxygen atoms in total. The van der Waals surface area contributed by atoms with Crippen molar-refractivity contribution in [1.29, 1.82) is 0 Å². The lowest BCUT2D eigenvalue weighted by atomic mass is 10.1. The number of H-pyrrole nitrogens is 1. The normalized spacial score (nSPS) is 12.0. The number of aromatic amines is 1. The van der Waals surface area contributed by atoms with Crippen molar-refractivity contribution < 1.29 is 4.79 Å². The predicted molar refractivity (Wildman–Crippen MR) is 101 cm³/mol. The third-order valence-corrected chi connectivity index (χ3v) is 4.52. The second-order valence-corrected chi connectivity index (χ2v) is 6.76. The van der Waals surface area contributed by atoms with Crippen molar-refractivity contribution >= 4 is 29.1 Å². The average molecular weight is 407 g/mol. The van der Waals surface area contributed by atoms with Crippen LogP contribution in [0.15, 0.2) is 41.8 Å². The highest BCUT2D eigenvalue weighted by Gasteiger charge is 2.16. The molecule has 0 fully saturated rings. The Hall–Kier alpha value is -2.71. The molecule has 0 unspecified atom stereocenters. The van der Waals surface area contributed by atoms with Crippen molar-refractivity contribution in [1.82, 2.24) is 30.0 Å². The molecule has 10 heteroatoms. The molecule has 0 aliphatic carbocycles. The van der Waals surface area contributed by atoms with Crippen LogP contribution in [0, 0.1) is 0 Å². The van der Waals surface area contributed by atoms with Crippen LogP contribution < -0.4 is 10.9 Å². The van der Waals surface area contributed by atoms with Crippen molar-refractivity contribution in [2.75, 3.05) is 0 Å². The minimum absolute atomic E-state index is 0.0746. The maximum absolute atomic E-state index is 12.3. The van der Waals surface area contributed by atoms with E-state index in [0.29, 0.717) is 28.0 Å². The van der Waals surface area contributed by atoms with Crippen LogP contribution in [0.4, 0.5) is 0 Å². The van der Waals surface area contributed by atoms with E-state index in [0.717, 1.165) is 0 Å². The molecular weight excluding hydrogens is 391 g/mol. The number of halogens is 2. The van der Waals surface area contributed by atoms with Crippen molar-refractivity contribution in [3.8, 4) is 0 Å². The van der Waals surface area contributed by atoms with Crippen LogP contribution in [0.1, 0.15) is 28.7 Å². The quantitative estimate of drug-likeness (QED) is 0.651. The zero-order chi connectivity index (χ0) is 19.4. The Morgan fingerprint density at radius 1 is 1.33 bits per heavy atom. The number of rotatable bonds is 6. The monoisotopic (exact) mass is 406 g/mol. The number of aromatic nitrogens is 5. The van der Waals surface area contributed by atoms with E-state index in [1.807, 2.05) is 0 Å². The number of hydrogen-bond donors (Lipinski definition) is 2. The molecule has 140 valence electrons. The van der Waals surface area contributed by atoms with Gasteiger partial charge in [0.05, 0.1) is 6.54 Å². The fourth-order valence-electron chi connectivity index (χ4n) is 2.51. The molecule has 27 heavy (non-hydrogen) atoms. The highest BCUT2D eigenvalue weighted by Crippen LogP contribution is 2.25. The van der Waals surface area contributed by atoms with E-state index in [-0.39, 0.29) is 18.0 Å². The molecule has 3 aromatic rings. The Balaban J connectivity index is 1.70. The second kappa shape index (κ2) is 8.32. The van der Waals surface area contributed by atoms with Crippen LogP contribution in [0.25, 0.3) is 0 Å². The Bertz CT molecular complexity index is 983. The van der Waals surface area contributed by atoms with Gasteiger partial charge in [-0.3, -0.25) is 14.3 Å². The highest BCUT2D eigenvalue weighted by atomic mass is 35.5. The summed E-state index contributed by atoms with van der Waals surface area (Å²) >= 11 is 12.3. The van der Waals surface area contributed by atoms with Gasteiger partial charge in [-0.1, -0.05) is 29.3 Å². The highest BCUT2D eigenvalue weighted by molar-refractivity contribution is 6.36. The van der Waals surface area contributed by atoms with E-state index >= 15 is 0 Å². The van der Waals surface area contributed by atoms with Gasteiger partial charge < -0.3 is 10.3 Å². The lowest BCUT2D eigenvalue weighted by Gasteiger charge is -2.13. The van der Waals surface area contributed by atoms with Gasteiger partial charge in [0.25, 0.3) is 11.5 Å². The summed E-state index contributed by atoms with van der Waals surface area (Å²) < 4.78 is 1.59. The molecular formula is C17H16Cl2N6O2. The maximum Gasteiger partial charge on any atom is 0.263 e. The summed E-state index contributed by atoms with van der Waals surface area (Å²) in [5.41, 5.74) is 0.0470. The molecule has 1 atom stereocenters. The van der Waals surface area contributed by atoms with Gasteiger partial charge in [0.15, 0.2) is 0 Å². The van der Waals surface area contributed by atoms with Crippen molar-refractivity contribution in [2.24, 2.45) is 0 Å². The van der Waals surface area contributed by atoms with Gasteiger partial charge in [0, 0.05) is 28.7 Å². The number of carbonyl (C=O) groups is 1. The van der Waals surface area contributed by atoms with E-state index < -0.39 is 11.5 Å². The molecule has 0 aliphatic rings. The van der Waals surface area contributed by atoms with Gasteiger partial charge in [0.2, 0.25) is 0 Å². The topological polar surface area (TPSA) is 106 Å². The molecule has 0 saturated heterocycles. The summed E-state index contributed by atoms with van der Waals surface area (Å²) in [7, 11) is 0. The fourth-order valence-corrected chi connectivity index (χ4v) is 3.04. The van der Waals surface area contributed by atoms with Gasteiger partial charge in [0.1, 0.15) is 24.0 Å². The Morgan fingerprint density at radius 3 is 2.70 bits per heavy atom. The number of benzene rings is 1. The first-order valence-electron chi connectivity index (χ1n) is 8.08. The van der Waals surface area contributed by atoms with Gasteiger partial charge in [-0.25, -0.2) is 9.97 Å². The van der Waals surface area contributed by atoms with Crippen LogP contribution >= 0.6 is 23.2 Å². The Kier molecular flexibility index (Phi) is 5.88. The third-order valence-electron chi connectivity index (χ3n) is 3.81. The summed E-state index contributed by atoms with van der Waals surface area (Å²) in [6, 6.07) is 4.90. The molecule has 3 rings (SSSR count). The summed E-state index contributed by atoms with van der Waals surface area (Å²) in [6.07, 6.45) is 4.45. The molecule has 0 radical (unpaired) electrons. The standard InChI is InChI=1S/C17H16Cl2N6O2/c1-10(7-25-9-20-8-22-25)23-16(26)12-6-21-15(24-17(12)27)5-11-13(18)3-2-4-14(11)19/h2-4,6,8-10H,5,7H2,1H3,(H,23,26)(H,21,24,27)/t10-/m0/s1. The first-order chi connectivity index (χ1) is 12.9. The second-order valence-electron chi connectivity index (χ2n) is 5.94. The van der Waals surface area contributed by atoms with Crippen molar-refractivity contribution in [3.05, 3.63) is 74.4 Å². The minimum atomic E-state index is -0.534. The summed E-state index contributed by atoms with van der Waals surface area (Å²) in [6.45, 7) is 2.23. The van der Waals surface area contributed by atoms with Gasteiger partial charge >= 0.3 is 0 Å². The lowest BCUT2D eigenvalue weighted by molar-refractivity contribution is 0.0934. The first kappa shape index (κ1) is 19.1. The first-order valence-corrected chi connectivity index (χ1v) is 8.84. The van der Waals surface area contributed by atoms with Crippen molar-refractivity contribution in [3.63, 3.8) is 0 Å². The van der Waals surface area contributed by atoms with Crippen LogP contribution in [0.2, 0.25) is 10.0 Å². The van der Waals surface area contributed by atoms with E-state index in [4.69, 9.17) is 23.2 Å². The maximum atomic E-state index is 12.3. The van der Waals surface area contributed by atoms with Crippen LogP contribution in [-0.4, -0.2) is 36.7 Å². The number of amides is 1. The molecule has 2 N–H and O–H groups in total. The van der Waals surface area contributed by atoms with Gasteiger partial charge in [-0.2, -0.15) is 5.10 Å². The minimum Gasteiger partial charge on any atom is -0.347 e. The molecule has 2 heterocycles. The molecule has 1 aromatic carbocycles. The number of nitrogens with zero attached hydrogens (tertiary/aromatic N) is 4. The lowest BCUT2D eigenvalue weighted by Crippen LogP contribution is -2.38. The Labute approximate surface area is 164 Å². The number of hydrogen-bond acceptors (Lipinski definition) is 5. The van der Waals surface area contributed by atoms with Crippen molar-refractivity contribution in [2.45, 2.75) is 25.9 Å². The predicted octanol–water partition coefficient (Wildman–Crippen LogP) is 2.08. The number of carbonyl (C=O) groups excluding carboxylic acids is 1. The van der Waals surface area contributed by atoms with E-state index in [1.165, 1.54) is 12.5 Å². The smallest absolute Gasteiger partial charge is 0.263 e. The summed E-state index contributed by atoms with van der Waals surface area (Å²) in [4.78, 5) is 35.2. The Morgan fingerprint density at radius 2 is 2.07 bits per heavy atom. The van der Waals surface area contributed by atoms with Gasteiger partial charge in [-0.15, -0.1) is 0 Å². The molecule has 0 bridgehead atoms. The SMILES string of the molecule is C[C@@H](Cn1cncn1)NC(=O)c1cnc(Cc2c(Cl)cccc2Cl)[nH]c1=O. The molecule has 2 aromatic heterocycles. The van der Waals surface area contributed by atoms with Gasteiger partial charge in [-0.05, 0) is 24.6 Å².